The average Bonchev–Trinajstić information content (AvgIpc) is 2.61. The van der Waals surface area contributed by atoms with Gasteiger partial charge in [0.15, 0.2) is 0 Å². The lowest BCUT2D eigenvalue weighted by Crippen LogP contribution is -2.51. The number of hydrogen-bond acceptors (Lipinski definition) is 4. The van der Waals surface area contributed by atoms with Crippen molar-refractivity contribution in [2.24, 2.45) is 11.7 Å². The molecule has 1 heterocycles. The van der Waals surface area contributed by atoms with Crippen LogP contribution < -0.4 is 11.1 Å². The summed E-state index contributed by atoms with van der Waals surface area (Å²) in [7, 11) is 3.99. The van der Waals surface area contributed by atoms with Crippen molar-refractivity contribution in [3.63, 3.8) is 0 Å². The molecule has 1 rings (SSSR count). The van der Waals surface area contributed by atoms with Gasteiger partial charge in [-0.2, -0.15) is 0 Å². The van der Waals surface area contributed by atoms with Gasteiger partial charge >= 0.3 is 0 Å². The topological polar surface area (TPSA) is 67.6 Å². The fourth-order valence-corrected chi connectivity index (χ4v) is 1.43. The molecule has 0 aromatic heterocycles. The largest absolute Gasteiger partial charge is 0.379 e. The molecule has 5 nitrogen and oxygen atoms in total. The highest BCUT2D eigenvalue weighted by Gasteiger charge is 2.32. The molecule has 0 saturated carbocycles. The van der Waals surface area contributed by atoms with Crippen molar-refractivity contribution >= 4 is 5.91 Å². The minimum atomic E-state index is -0.196. The number of rotatable bonds is 4. The molecule has 0 aliphatic carbocycles. The molecule has 1 amide bonds. The second-order valence-electron chi connectivity index (χ2n) is 5.23. The Morgan fingerprint density at radius 2 is 2.12 bits per heavy atom. The van der Waals surface area contributed by atoms with Gasteiger partial charge in [0.05, 0.1) is 19.1 Å². The lowest BCUT2D eigenvalue weighted by atomic mass is 10.0. The lowest BCUT2D eigenvalue weighted by Gasteiger charge is -2.33. The number of carbonyl (C=O) groups excluding carboxylic acids is 1. The van der Waals surface area contributed by atoms with Crippen LogP contribution >= 0.6 is 0 Å². The first-order chi connectivity index (χ1) is 7.34. The zero-order valence-electron chi connectivity index (χ0n) is 10.6. The second kappa shape index (κ2) is 5.12. The predicted octanol–water partition coefficient (Wildman–Crippen LogP) is -0.583. The van der Waals surface area contributed by atoms with E-state index in [1.54, 1.807) is 0 Å². The number of likely N-dealkylation sites (N-methyl/N-ethyl adjacent to an activating group) is 1. The van der Waals surface area contributed by atoms with Crippen LogP contribution in [0.2, 0.25) is 0 Å². The van der Waals surface area contributed by atoms with Gasteiger partial charge < -0.3 is 20.7 Å². The molecule has 0 spiro atoms. The maximum Gasteiger partial charge on any atom is 0.227 e. The standard InChI is InChI=1S/C11H23N3O2/c1-11(2,14(3)4)7-13-10(15)8-5-16-6-9(8)12/h8-9H,5-7,12H2,1-4H3,(H,13,15). The molecule has 0 aromatic rings. The molecule has 1 fully saturated rings. The van der Waals surface area contributed by atoms with Gasteiger partial charge in [0.1, 0.15) is 0 Å². The fourth-order valence-electron chi connectivity index (χ4n) is 1.43. The number of nitrogens with zero attached hydrogens (tertiary/aromatic N) is 1. The van der Waals surface area contributed by atoms with Gasteiger partial charge in [0, 0.05) is 18.1 Å². The maximum absolute atomic E-state index is 11.8. The summed E-state index contributed by atoms with van der Waals surface area (Å²) in [5.41, 5.74) is 5.73. The zero-order valence-corrected chi connectivity index (χ0v) is 10.6. The minimum Gasteiger partial charge on any atom is -0.379 e. The third-order valence-corrected chi connectivity index (χ3v) is 3.37. The molecule has 1 aliphatic heterocycles. The van der Waals surface area contributed by atoms with Crippen molar-refractivity contribution in [2.75, 3.05) is 33.9 Å². The van der Waals surface area contributed by atoms with E-state index in [1.807, 2.05) is 14.1 Å². The summed E-state index contributed by atoms with van der Waals surface area (Å²) in [6, 6.07) is -0.164. The first-order valence-corrected chi connectivity index (χ1v) is 5.63. The van der Waals surface area contributed by atoms with Crippen molar-refractivity contribution in [1.29, 1.82) is 0 Å². The Balaban J connectivity index is 2.41. The Morgan fingerprint density at radius 3 is 2.56 bits per heavy atom. The quantitative estimate of drug-likeness (QED) is 0.676. The Bertz CT molecular complexity index is 254. The SMILES string of the molecule is CN(C)C(C)(C)CNC(=O)C1COCC1N. The zero-order chi connectivity index (χ0) is 12.3. The Kier molecular flexibility index (Phi) is 4.29. The summed E-state index contributed by atoms with van der Waals surface area (Å²) in [6.07, 6.45) is 0. The van der Waals surface area contributed by atoms with Crippen LogP contribution in [0.5, 0.6) is 0 Å². The molecule has 16 heavy (non-hydrogen) atoms. The van der Waals surface area contributed by atoms with Crippen LogP contribution in [0.25, 0.3) is 0 Å². The summed E-state index contributed by atoms with van der Waals surface area (Å²) < 4.78 is 5.17. The first-order valence-electron chi connectivity index (χ1n) is 5.63. The van der Waals surface area contributed by atoms with Gasteiger partial charge in [-0.05, 0) is 27.9 Å². The number of carbonyl (C=O) groups is 1. The highest BCUT2D eigenvalue weighted by atomic mass is 16.5. The monoisotopic (exact) mass is 229 g/mol. The van der Waals surface area contributed by atoms with Gasteiger partial charge in [-0.1, -0.05) is 0 Å². The van der Waals surface area contributed by atoms with Crippen LogP contribution in [-0.2, 0) is 9.53 Å². The van der Waals surface area contributed by atoms with E-state index in [1.165, 1.54) is 0 Å². The van der Waals surface area contributed by atoms with Crippen LogP contribution in [0.1, 0.15) is 13.8 Å². The molecule has 2 atom stereocenters. The van der Waals surface area contributed by atoms with E-state index in [-0.39, 0.29) is 23.4 Å². The van der Waals surface area contributed by atoms with E-state index < -0.39 is 0 Å². The molecule has 3 N–H and O–H groups in total. The molecule has 0 aromatic carbocycles. The average molecular weight is 229 g/mol. The lowest BCUT2D eigenvalue weighted by molar-refractivity contribution is -0.125. The molecule has 94 valence electrons. The minimum absolute atomic E-state index is 0.0000694. The van der Waals surface area contributed by atoms with Crippen LogP contribution in [0, 0.1) is 5.92 Å². The molecule has 0 radical (unpaired) electrons. The summed E-state index contributed by atoms with van der Waals surface area (Å²) in [5, 5.41) is 2.94. The highest BCUT2D eigenvalue weighted by molar-refractivity contribution is 5.79. The Labute approximate surface area is 97.3 Å². The molecule has 5 heteroatoms. The van der Waals surface area contributed by atoms with Crippen molar-refractivity contribution in [3.8, 4) is 0 Å². The number of hydrogen-bond donors (Lipinski definition) is 2. The maximum atomic E-state index is 11.8. The van der Waals surface area contributed by atoms with E-state index in [9.17, 15) is 4.79 Å². The fraction of sp³-hybridized carbons (Fsp3) is 0.909. The molecule has 1 aliphatic rings. The van der Waals surface area contributed by atoms with Gasteiger partial charge in [-0.15, -0.1) is 0 Å². The molecular weight excluding hydrogens is 206 g/mol. The second-order valence-corrected chi connectivity index (χ2v) is 5.23. The van der Waals surface area contributed by atoms with E-state index in [0.29, 0.717) is 19.8 Å². The molecule has 0 bridgehead atoms. The number of ether oxygens (including phenoxy) is 1. The Hall–Kier alpha value is -0.650. The van der Waals surface area contributed by atoms with Crippen molar-refractivity contribution < 1.29 is 9.53 Å². The summed E-state index contributed by atoms with van der Waals surface area (Å²) in [6.45, 7) is 5.70. The van der Waals surface area contributed by atoms with Crippen molar-refractivity contribution in [3.05, 3.63) is 0 Å². The van der Waals surface area contributed by atoms with Crippen LogP contribution in [0.3, 0.4) is 0 Å². The summed E-state index contributed by atoms with van der Waals surface area (Å²) in [4.78, 5) is 13.9. The molecule has 1 saturated heterocycles. The Morgan fingerprint density at radius 1 is 1.50 bits per heavy atom. The third-order valence-electron chi connectivity index (χ3n) is 3.37. The molecular formula is C11H23N3O2. The van der Waals surface area contributed by atoms with E-state index in [0.717, 1.165) is 0 Å². The van der Waals surface area contributed by atoms with E-state index in [2.05, 4.69) is 24.1 Å². The van der Waals surface area contributed by atoms with E-state index in [4.69, 9.17) is 10.5 Å². The highest BCUT2D eigenvalue weighted by Crippen LogP contribution is 2.13. The van der Waals surface area contributed by atoms with Crippen LogP contribution in [0.4, 0.5) is 0 Å². The number of nitrogens with one attached hydrogen (secondary N) is 1. The number of amides is 1. The van der Waals surface area contributed by atoms with Crippen LogP contribution in [0.15, 0.2) is 0 Å². The van der Waals surface area contributed by atoms with Gasteiger partial charge in [-0.25, -0.2) is 0 Å². The van der Waals surface area contributed by atoms with E-state index >= 15 is 0 Å². The predicted molar refractivity (Wildman–Crippen MR) is 63.1 cm³/mol. The normalized spacial score (nSPS) is 26.1. The smallest absolute Gasteiger partial charge is 0.227 e. The van der Waals surface area contributed by atoms with Crippen LogP contribution in [-0.4, -0.2) is 56.2 Å². The molecule has 2 unspecified atom stereocenters. The first kappa shape index (κ1) is 13.4. The van der Waals surface area contributed by atoms with Gasteiger partial charge in [0.2, 0.25) is 5.91 Å². The van der Waals surface area contributed by atoms with Crippen molar-refractivity contribution in [1.82, 2.24) is 10.2 Å². The third kappa shape index (κ3) is 3.17. The van der Waals surface area contributed by atoms with Gasteiger partial charge in [-0.3, -0.25) is 4.79 Å². The van der Waals surface area contributed by atoms with Crippen molar-refractivity contribution in [2.45, 2.75) is 25.4 Å². The summed E-state index contributed by atoms with van der Waals surface area (Å²) in [5.74, 6) is -0.196. The van der Waals surface area contributed by atoms with Gasteiger partial charge in [0.25, 0.3) is 0 Å². The number of nitrogens with two attached hydrogens (primary N) is 1. The summed E-state index contributed by atoms with van der Waals surface area (Å²) >= 11 is 0.